The molecule has 0 bridgehead atoms. The summed E-state index contributed by atoms with van der Waals surface area (Å²) in [5.41, 5.74) is 2.29. The summed E-state index contributed by atoms with van der Waals surface area (Å²) in [6.07, 6.45) is 4.11. The molecule has 8 heteroatoms. The highest BCUT2D eigenvalue weighted by Crippen LogP contribution is 2.40. The van der Waals surface area contributed by atoms with Gasteiger partial charge in [0.2, 0.25) is 5.91 Å². The van der Waals surface area contributed by atoms with E-state index < -0.39 is 0 Å². The number of thioether (sulfide) groups is 1. The monoisotopic (exact) mass is 447 g/mol. The highest BCUT2D eigenvalue weighted by atomic mass is 32.2. The largest absolute Gasteiger partial charge is 0.301 e. The molecule has 1 amide bonds. The molecule has 1 N–H and O–H groups in total. The molecular formula is C23H21N5OS2. The van der Waals surface area contributed by atoms with Crippen LogP contribution in [-0.2, 0) is 11.3 Å². The zero-order valence-electron chi connectivity index (χ0n) is 16.8. The minimum absolute atomic E-state index is 0.0961. The van der Waals surface area contributed by atoms with Gasteiger partial charge in [0.25, 0.3) is 0 Å². The SMILES string of the molecule is O=C(CSc1nnc(C2CC2)n1Cc1ccccc1)Nc1ncc(-c2ccccc2)s1. The first-order valence-corrected chi connectivity index (χ1v) is 12.0. The van der Waals surface area contributed by atoms with E-state index in [0.29, 0.717) is 11.0 Å². The molecule has 1 aliphatic rings. The molecule has 6 nitrogen and oxygen atoms in total. The summed E-state index contributed by atoms with van der Waals surface area (Å²) in [5, 5.41) is 13.1. The average Bonchev–Trinajstić information content (AvgIpc) is 3.41. The third-order valence-corrected chi connectivity index (χ3v) is 6.94. The lowest BCUT2D eigenvalue weighted by Crippen LogP contribution is -2.14. The van der Waals surface area contributed by atoms with Gasteiger partial charge in [-0.2, -0.15) is 0 Å². The Morgan fingerprint density at radius 3 is 2.55 bits per heavy atom. The van der Waals surface area contributed by atoms with Gasteiger partial charge in [-0.15, -0.1) is 10.2 Å². The highest BCUT2D eigenvalue weighted by Gasteiger charge is 2.30. The molecule has 1 saturated carbocycles. The van der Waals surface area contributed by atoms with Crippen LogP contribution < -0.4 is 5.32 Å². The Kier molecular flexibility index (Phi) is 5.82. The molecular weight excluding hydrogens is 426 g/mol. The molecule has 2 heterocycles. The van der Waals surface area contributed by atoms with Crippen LogP contribution in [0, 0.1) is 0 Å². The molecule has 0 unspecified atom stereocenters. The van der Waals surface area contributed by atoms with Crippen molar-refractivity contribution < 1.29 is 4.79 Å². The van der Waals surface area contributed by atoms with Gasteiger partial charge in [-0.25, -0.2) is 4.98 Å². The first-order valence-electron chi connectivity index (χ1n) is 10.2. The van der Waals surface area contributed by atoms with Gasteiger partial charge in [-0.3, -0.25) is 4.79 Å². The number of carbonyl (C=O) groups excluding carboxylic acids is 1. The molecule has 1 aliphatic carbocycles. The lowest BCUT2D eigenvalue weighted by molar-refractivity contribution is -0.113. The Morgan fingerprint density at radius 1 is 1.06 bits per heavy atom. The van der Waals surface area contributed by atoms with E-state index in [1.807, 2.05) is 48.5 Å². The second kappa shape index (κ2) is 9.03. The van der Waals surface area contributed by atoms with Gasteiger partial charge in [-0.1, -0.05) is 83.8 Å². The Hall–Kier alpha value is -2.97. The van der Waals surface area contributed by atoms with E-state index in [4.69, 9.17) is 0 Å². The molecule has 31 heavy (non-hydrogen) atoms. The van der Waals surface area contributed by atoms with Crippen molar-refractivity contribution in [1.82, 2.24) is 19.7 Å². The number of anilines is 1. The van der Waals surface area contributed by atoms with E-state index in [1.54, 1.807) is 6.20 Å². The number of benzene rings is 2. The van der Waals surface area contributed by atoms with Crippen molar-refractivity contribution in [3.8, 4) is 10.4 Å². The maximum atomic E-state index is 12.5. The van der Waals surface area contributed by atoms with Crippen molar-refractivity contribution in [2.24, 2.45) is 0 Å². The normalized spacial score (nSPS) is 13.3. The lowest BCUT2D eigenvalue weighted by atomic mass is 10.2. The molecule has 0 spiro atoms. The number of nitrogens with zero attached hydrogens (tertiary/aromatic N) is 4. The van der Waals surface area contributed by atoms with Gasteiger partial charge in [0.05, 0.1) is 17.2 Å². The van der Waals surface area contributed by atoms with E-state index in [2.05, 4.69) is 37.2 Å². The fraction of sp³-hybridized carbons (Fsp3) is 0.217. The van der Waals surface area contributed by atoms with Crippen molar-refractivity contribution in [1.29, 1.82) is 0 Å². The standard InChI is InChI=1S/C23H21N5OS2/c29-20(25-22-24-13-19(31-22)17-9-5-2-6-10-17)15-30-23-27-26-21(18-11-12-18)28(23)14-16-7-3-1-4-8-16/h1-10,13,18H,11-12,14-15H2,(H,24,25,29). The number of nitrogens with one attached hydrogen (secondary N) is 1. The van der Waals surface area contributed by atoms with Crippen molar-refractivity contribution in [2.45, 2.75) is 30.5 Å². The van der Waals surface area contributed by atoms with Gasteiger partial charge < -0.3 is 9.88 Å². The lowest BCUT2D eigenvalue weighted by Gasteiger charge is -2.10. The van der Waals surface area contributed by atoms with Crippen LogP contribution in [0.1, 0.15) is 30.1 Å². The van der Waals surface area contributed by atoms with Crippen molar-refractivity contribution in [2.75, 3.05) is 11.1 Å². The van der Waals surface area contributed by atoms with Crippen molar-refractivity contribution in [3.05, 3.63) is 78.2 Å². The Morgan fingerprint density at radius 2 is 1.81 bits per heavy atom. The van der Waals surface area contributed by atoms with Crippen LogP contribution in [0.15, 0.2) is 72.0 Å². The number of rotatable bonds is 8. The molecule has 1 fully saturated rings. The average molecular weight is 448 g/mol. The first kappa shape index (κ1) is 20.0. The topological polar surface area (TPSA) is 72.7 Å². The van der Waals surface area contributed by atoms with Crippen LogP contribution in [0.25, 0.3) is 10.4 Å². The van der Waals surface area contributed by atoms with Crippen LogP contribution in [-0.4, -0.2) is 31.4 Å². The summed E-state index contributed by atoms with van der Waals surface area (Å²) in [5.74, 6) is 1.68. The molecule has 5 rings (SSSR count). The molecule has 0 saturated heterocycles. The van der Waals surface area contributed by atoms with Crippen LogP contribution >= 0.6 is 23.1 Å². The van der Waals surface area contributed by atoms with Gasteiger partial charge in [0.1, 0.15) is 5.82 Å². The maximum absolute atomic E-state index is 12.5. The van der Waals surface area contributed by atoms with Crippen LogP contribution in [0.4, 0.5) is 5.13 Å². The second-order valence-electron chi connectivity index (χ2n) is 7.42. The molecule has 0 atom stereocenters. The summed E-state index contributed by atoms with van der Waals surface area (Å²) in [6.45, 7) is 0.719. The number of hydrogen-bond donors (Lipinski definition) is 1. The predicted octanol–water partition coefficient (Wildman–Crippen LogP) is 5.06. The molecule has 0 aliphatic heterocycles. The number of carbonyl (C=O) groups is 1. The van der Waals surface area contributed by atoms with Crippen molar-refractivity contribution >= 4 is 34.1 Å². The zero-order chi connectivity index (χ0) is 21.0. The number of hydrogen-bond acceptors (Lipinski definition) is 6. The van der Waals surface area contributed by atoms with Crippen LogP contribution in [0.2, 0.25) is 0 Å². The molecule has 156 valence electrons. The quantitative estimate of drug-likeness (QED) is 0.382. The third kappa shape index (κ3) is 4.86. The maximum Gasteiger partial charge on any atom is 0.236 e. The van der Waals surface area contributed by atoms with Crippen LogP contribution in [0.3, 0.4) is 0 Å². The minimum atomic E-state index is -0.0961. The molecule has 2 aromatic carbocycles. The zero-order valence-corrected chi connectivity index (χ0v) is 18.4. The van der Waals surface area contributed by atoms with Gasteiger partial charge in [0.15, 0.2) is 10.3 Å². The molecule has 2 aromatic heterocycles. The number of amides is 1. The van der Waals surface area contributed by atoms with Gasteiger partial charge >= 0.3 is 0 Å². The van der Waals surface area contributed by atoms with E-state index in [1.165, 1.54) is 28.7 Å². The highest BCUT2D eigenvalue weighted by molar-refractivity contribution is 7.99. The van der Waals surface area contributed by atoms with E-state index in [-0.39, 0.29) is 11.7 Å². The predicted molar refractivity (Wildman–Crippen MR) is 124 cm³/mol. The summed E-state index contributed by atoms with van der Waals surface area (Å²) in [4.78, 5) is 17.9. The molecule has 0 radical (unpaired) electrons. The second-order valence-corrected chi connectivity index (χ2v) is 9.39. The summed E-state index contributed by atoms with van der Waals surface area (Å²) >= 11 is 2.89. The minimum Gasteiger partial charge on any atom is -0.301 e. The number of thiazole rings is 1. The van der Waals surface area contributed by atoms with Crippen molar-refractivity contribution in [3.63, 3.8) is 0 Å². The van der Waals surface area contributed by atoms with Gasteiger partial charge in [0, 0.05) is 12.1 Å². The fourth-order valence-electron chi connectivity index (χ4n) is 3.32. The number of aromatic nitrogens is 4. The van der Waals surface area contributed by atoms with E-state index in [0.717, 1.165) is 40.8 Å². The first-order chi connectivity index (χ1) is 15.3. The summed E-state index contributed by atoms with van der Waals surface area (Å²) < 4.78 is 2.15. The fourth-order valence-corrected chi connectivity index (χ4v) is 4.90. The van der Waals surface area contributed by atoms with Crippen LogP contribution in [0.5, 0.6) is 0 Å². The van der Waals surface area contributed by atoms with E-state index >= 15 is 0 Å². The summed E-state index contributed by atoms with van der Waals surface area (Å²) in [6, 6.07) is 20.3. The van der Waals surface area contributed by atoms with Gasteiger partial charge in [-0.05, 0) is 24.0 Å². The Bertz CT molecular complexity index is 1170. The Labute approximate surface area is 188 Å². The third-order valence-electron chi connectivity index (χ3n) is 5.01. The molecule has 4 aromatic rings. The Balaban J connectivity index is 1.24. The summed E-state index contributed by atoms with van der Waals surface area (Å²) in [7, 11) is 0. The smallest absolute Gasteiger partial charge is 0.236 e. The van der Waals surface area contributed by atoms with E-state index in [9.17, 15) is 4.79 Å².